The summed E-state index contributed by atoms with van der Waals surface area (Å²) in [4.78, 5) is 6.73. The molecular weight excluding hydrogens is 258 g/mol. The molecule has 1 N–H and O–H groups in total. The standard InChI is InChI=1S/C18H23N3/c1-21(13-11-16-7-4-5-12-19-16)18-8-3-2-6-15(18)14-20-17-9-10-17/h2-8,12,17,20H,9-11,13-14H2,1H3. The summed E-state index contributed by atoms with van der Waals surface area (Å²) in [6, 6.07) is 15.5. The van der Waals surface area contributed by atoms with Crippen molar-refractivity contribution in [3.63, 3.8) is 0 Å². The summed E-state index contributed by atoms with van der Waals surface area (Å²) in [5.74, 6) is 0. The maximum atomic E-state index is 4.40. The molecule has 1 aliphatic carbocycles. The highest BCUT2D eigenvalue weighted by Gasteiger charge is 2.20. The molecule has 21 heavy (non-hydrogen) atoms. The number of benzene rings is 1. The van der Waals surface area contributed by atoms with Gasteiger partial charge in [0.15, 0.2) is 0 Å². The molecule has 1 fully saturated rings. The first-order valence-electron chi connectivity index (χ1n) is 7.75. The van der Waals surface area contributed by atoms with Crippen LogP contribution in [0.3, 0.4) is 0 Å². The van der Waals surface area contributed by atoms with Crippen molar-refractivity contribution >= 4 is 5.69 Å². The molecule has 0 spiro atoms. The van der Waals surface area contributed by atoms with Gasteiger partial charge in [-0.15, -0.1) is 0 Å². The van der Waals surface area contributed by atoms with E-state index in [1.165, 1.54) is 24.1 Å². The summed E-state index contributed by atoms with van der Waals surface area (Å²) in [5.41, 5.74) is 3.85. The van der Waals surface area contributed by atoms with Crippen LogP contribution in [-0.4, -0.2) is 24.6 Å². The molecule has 0 aliphatic heterocycles. The zero-order valence-corrected chi connectivity index (χ0v) is 12.6. The highest BCUT2D eigenvalue weighted by Crippen LogP contribution is 2.23. The smallest absolute Gasteiger partial charge is 0.0421 e. The van der Waals surface area contributed by atoms with Gasteiger partial charge in [0.05, 0.1) is 0 Å². The van der Waals surface area contributed by atoms with E-state index in [4.69, 9.17) is 0 Å². The average Bonchev–Trinajstić information content (AvgIpc) is 3.36. The van der Waals surface area contributed by atoms with Crippen molar-refractivity contribution in [3.8, 4) is 0 Å². The molecule has 0 bridgehead atoms. The molecule has 0 unspecified atom stereocenters. The fraction of sp³-hybridized carbons (Fsp3) is 0.389. The van der Waals surface area contributed by atoms with Crippen LogP contribution in [0.4, 0.5) is 5.69 Å². The molecule has 3 heteroatoms. The molecule has 0 radical (unpaired) electrons. The van der Waals surface area contributed by atoms with E-state index in [2.05, 4.69) is 58.6 Å². The number of rotatable bonds is 7. The second-order valence-electron chi connectivity index (χ2n) is 5.78. The van der Waals surface area contributed by atoms with Gasteiger partial charge in [-0.3, -0.25) is 4.98 Å². The lowest BCUT2D eigenvalue weighted by Gasteiger charge is -2.22. The minimum atomic E-state index is 0.747. The van der Waals surface area contributed by atoms with Gasteiger partial charge in [-0.05, 0) is 36.6 Å². The van der Waals surface area contributed by atoms with Gasteiger partial charge in [0.1, 0.15) is 0 Å². The van der Waals surface area contributed by atoms with Crippen LogP contribution in [0.5, 0.6) is 0 Å². The number of para-hydroxylation sites is 1. The van der Waals surface area contributed by atoms with Gasteiger partial charge in [-0.1, -0.05) is 24.3 Å². The summed E-state index contributed by atoms with van der Waals surface area (Å²) < 4.78 is 0. The lowest BCUT2D eigenvalue weighted by Crippen LogP contribution is -2.24. The molecule has 1 saturated carbocycles. The van der Waals surface area contributed by atoms with Crippen molar-refractivity contribution < 1.29 is 0 Å². The number of pyridine rings is 1. The monoisotopic (exact) mass is 281 g/mol. The summed E-state index contributed by atoms with van der Waals surface area (Å²) in [5, 5.41) is 3.60. The van der Waals surface area contributed by atoms with Crippen LogP contribution in [0.1, 0.15) is 24.1 Å². The van der Waals surface area contributed by atoms with E-state index in [1.807, 2.05) is 12.3 Å². The molecule has 0 atom stereocenters. The van der Waals surface area contributed by atoms with Crippen LogP contribution < -0.4 is 10.2 Å². The Morgan fingerprint density at radius 3 is 2.71 bits per heavy atom. The van der Waals surface area contributed by atoms with Crippen molar-refractivity contribution in [1.29, 1.82) is 0 Å². The van der Waals surface area contributed by atoms with Gasteiger partial charge in [0, 0.05) is 50.2 Å². The number of aromatic nitrogens is 1. The lowest BCUT2D eigenvalue weighted by molar-refractivity contribution is 0.685. The highest BCUT2D eigenvalue weighted by atomic mass is 15.1. The van der Waals surface area contributed by atoms with Gasteiger partial charge in [-0.25, -0.2) is 0 Å². The van der Waals surface area contributed by atoms with Gasteiger partial charge in [-0.2, -0.15) is 0 Å². The van der Waals surface area contributed by atoms with Crippen molar-refractivity contribution in [2.24, 2.45) is 0 Å². The Balaban J connectivity index is 1.61. The molecule has 1 aliphatic rings. The number of likely N-dealkylation sites (N-methyl/N-ethyl adjacent to an activating group) is 1. The lowest BCUT2D eigenvalue weighted by atomic mass is 10.1. The Morgan fingerprint density at radius 2 is 1.95 bits per heavy atom. The van der Waals surface area contributed by atoms with E-state index in [0.717, 1.165) is 31.2 Å². The SMILES string of the molecule is CN(CCc1ccccn1)c1ccccc1CNC1CC1. The summed E-state index contributed by atoms with van der Waals surface area (Å²) in [6.45, 7) is 1.95. The summed E-state index contributed by atoms with van der Waals surface area (Å²) in [7, 11) is 2.17. The minimum absolute atomic E-state index is 0.747. The number of nitrogens with one attached hydrogen (secondary N) is 1. The fourth-order valence-corrected chi connectivity index (χ4v) is 2.52. The molecule has 1 heterocycles. The van der Waals surface area contributed by atoms with Crippen molar-refractivity contribution in [3.05, 3.63) is 59.9 Å². The Morgan fingerprint density at radius 1 is 1.14 bits per heavy atom. The maximum absolute atomic E-state index is 4.40. The molecule has 0 saturated heterocycles. The van der Waals surface area contributed by atoms with E-state index in [9.17, 15) is 0 Å². The second-order valence-corrected chi connectivity index (χ2v) is 5.78. The number of anilines is 1. The van der Waals surface area contributed by atoms with Gasteiger partial charge < -0.3 is 10.2 Å². The number of hydrogen-bond acceptors (Lipinski definition) is 3. The average molecular weight is 281 g/mol. The Labute approximate surface area is 127 Å². The Hall–Kier alpha value is -1.87. The summed E-state index contributed by atoms with van der Waals surface area (Å²) >= 11 is 0. The predicted octanol–water partition coefficient (Wildman–Crippen LogP) is 3.01. The Bertz CT molecular complexity index is 564. The molecule has 3 nitrogen and oxygen atoms in total. The highest BCUT2D eigenvalue weighted by molar-refractivity contribution is 5.53. The van der Waals surface area contributed by atoms with Gasteiger partial charge >= 0.3 is 0 Å². The molecule has 3 rings (SSSR count). The third kappa shape index (κ3) is 4.05. The first-order valence-corrected chi connectivity index (χ1v) is 7.75. The molecule has 110 valence electrons. The van der Waals surface area contributed by atoms with Crippen LogP contribution in [0.15, 0.2) is 48.7 Å². The first-order chi connectivity index (χ1) is 10.3. The van der Waals surface area contributed by atoms with Crippen molar-refractivity contribution in [2.75, 3.05) is 18.5 Å². The van der Waals surface area contributed by atoms with Crippen LogP contribution in [0.2, 0.25) is 0 Å². The van der Waals surface area contributed by atoms with Crippen LogP contribution in [0, 0.1) is 0 Å². The fourth-order valence-electron chi connectivity index (χ4n) is 2.52. The quantitative estimate of drug-likeness (QED) is 0.845. The van der Waals surface area contributed by atoms with Crippen molar-refractivity contribution in [2.45, 2.75) is 31.8 Å². The minimum Gasteiger partial charge on any atom is -0.374 e. The van der Waals surface area contributed by atoms with E-state index < -0.39 is 0 Å². The van der Waals surface area contributed by atoms with E-state index in [1.54, 1.807) is 0 Å². The number of hydrogen-bond donors (Lipinski definition) is 1. The third-order valence-electron chi connectivity index (χ3n) is 3.99. The van der Waals surface area contributed by atoms with E-state index in [0.29, 0.717) is 0 Å². The first kappa shape index (κ1) is 14.1. The van der Waals surface area contributed by atoms with Gasteiger partial charge in [0.25, 0.3) is 0 Å². The number of nitrogens with zero attached hydrogens (tertiary/aromatic N) is 2. The summed E-state index contributed by atoms with van der Waals surface area (Å²) in [6.07, 6.45) is 5.50. The van der Waals surface area contributed by atoms with E-state index in [-0.39, 0.29) is 0 Å². The molecule has 1 aromatic heterocycles. The molecule has 0 amide bonds. The van der Waals surface area contributed by atoms with Crippen LogP contribution in [-0.2, 0) is 13.0 Å². The van der Waals surface area contributed by atoms with Crippen LogP contribution in [0.25, 0.3) is 0 Å². The van der Waals surface area contributed by atoms with E-state index >= 15 is 0 Å². The topological polar surface area (TPSA) is 28.2 Å². The Kier molecular flexibility index (Phi) is 4.51. The molecule has 2 aromatic rings. The normalized spacial score (nSPS) is 14.1. The van der Waals surface area contributed by atoms with Crippen LogP contribution >= 0.6 is 0 Å². The molecular formula is C18H23N3. The van der Waals surface area contributed by atoms with Gasteiger partial charge in [0.2, 0.25) is 0 Å². The third-order valence-corrected chi connectivity index (χ3v) is 3.99. The predicted molar refractivity (Wildman–Crippen MR) is 87.5 cm³/mol. The zero-order valence-electron chi connectivity index (χ0n) is 12.6. The second kappa shape index (κ2) is 6.72. The largest absolute Gasteiger partial charge is 0.374 e. The maximum Gasteiger partial charge on any atom is 0.0421 e. The zero-order chi connectivity index (χ0) is 14.5. The van der Waals surface area contributed by atoms with Crippen molar-refractivity contribution in [1.82, 2.24) is 10.3 Å². The molecule has 1 aromatic carbocycles.